The van der Waals surface area contributed by atoms with Gasteiger partial charge in [0.15, 0.2) is 0 Å². The fraction of sp³-hybridized carbons (Fsp3) is 0.438. The number of carbonyl (C=O) groups is 1. The third kappa shape index (κ3) is 5.07. The van der Waals surface area contributed by atoms with Crippen LogP contribution in [0, 0.1) is 0 Å². The van der Waals surface area contributed by atoms with Crippen LogP contribution in [-0.2, 0) is 21.9 Å². The van der Waals surface area contributed by atoms with Crippen LogP contribution in [-0.4, -0.2) is 64.6 Å². The van der Waals surface area contributed by atoms with Crippen molar-refractivity contribution in [3.05, 3.63) is 24.3 Å². The maximum Gasteiger partial charge on any atom is 0.283 e. The molecule has 10 nitrogen and oxygen atoms in total. The first-order valence-electron chi connectivity index (χ1n) is 8.65. The Morgan fingerprint density at radius 3 is 2.64 bits per heavy atom. The van der Waals surface area contributed by atoms with Crippen molar-refractivity contribution in [2.75, 3.05) is 24.7 Å². The highest BCUT2D eigenvalue weighted by atomic mass is 32.2. The summed E-state index contributed by atoms with van der Waals surface area (Å²) in [5.41, 5.74) is 0.528. The standard InChI is InChI=1S/C16H21N7O3S2/c1-22-10-3-4-14(22)19-28(25,26)13-7-5-12(6-8-13)17-15(24)9-11-27-16-18-20-21-23(16)2/h5-8H,3-4,9-11H2,1-2H3,(H,17,24)/b19-14+. The smallest absolute Gasteiger partial charge is 0.283 e. The number of thioether (sulfide) groups is 1. The molecule has 0 saturated carbocycles. The number of sulfonamides is 1. The number of hydrogen-bond donors (Lipinski definition) is 1. The Morgan fingerprint density at radius 2 is 2.04 bits per heavy atom. The normalized spacial score (nSPS) is 15.9. The van der Waals surface area contributed by atoms with E-state index in [4.69, 9.17) is 0 Å². The van der Waals surface area contributed by atoms with Crippen LogP contribution in [0.2, 0.25) is 0 Å². The molecule has 1 amide bonds. The lowest BCUT2D eigenvalue weighted by atomic mass is 10.3. The minimum Gasteiger partial charge on any atom is -0.362 e. The van der Waals surface area contributed by atoms with E-state index in [0.29, 0.717) is 28.9 Å². The molecule has 1 aromatic heterocycles. The Morgan fingerprint density at radius 1 is 1.29 bits per heavy atom. The molecule has 0 radical (unpaired) electrons. The number of anilines is 1. The van der Waals surface area contributed by atoms with Crippen molar-refractivity contribution in [3.8, 4) is 0 Å². The van der Waals surface area contributed by atoms with Gasteiger partial charge in [0.25, 0.3) is 10.0 Å². The van der Waals surface area contributed by atoms with E-state index in [2.05, 4.69) is 25.2 Å². The number of carbonyl (C=O) groups excluding carboxylic acids is 1. The van der Waals surface area contributed by atoms with E-state index >= 15 is 0 Å². The zero-order valence-corrected chi connectivity index (χ0v) is 17.2. The molecule has 1 fully saturated rings. The quantitative estimate of drug-likeness (QED) is 0.658. The maximum atomic E-state index is 12.4. The van der Waals surface area contributed by atoms with Crippen molar-refractivity contribution in [1.29, 1.82) is 0 Å². The zero-order chi connectivity index (χ0) is 20.1. The van der Waals surface area contributed by atoms with Crippen LogP contribution >= 0.6 is 11.8 Å². The molecule has 0 unspecified atom stereocenters. The number of nitrogens with one attached hydrogen (secondary N) is 1. The molecule has 0 bridgehead atoms. The lowest BCUT2D eigenvalue weighted by molar-refractivity contribution is -0.115. The Bertz CT molecular complexity index is 970. The van der Waals surface area contributed by atoms with Gasteiger partial charge in [-0.05, 0) is 41.1 Å². The maximum absolute atomic E-state index is 12.4. The Balaban J connectivity index is 1.55. The summed E-state index contributed by atoms with van der Waals surface area (Å²) in [5, 5.41) is 14.5. The summed E-state index contributed by atoms with van der Waals surface area (Å²) in [6.07, 6.45) is 1.84. The SMILES string of the molecule is CN1CCC/C1=N\S(=O)(=O)c1ccc(NC(=O)CCSc2nnnn2C)cc1. The van der Waals surface area contributed by atoms with E-state index in [-0.39, 0.29) is 17.2 Å². The monoisotopic (exact) mass is 423 g/mol. The molecule has 1 N–H and O–H groups in total. The van der Waals surface area contributed by atoms with Crippen LogP contribution in [0.5, 0.6) is 0 Å². The second-order valence-electron chi connectivity index (χ2n) is 6.26. The van der Waals surface area contributed by atoms with Gasteiger partial charge in [0, 0.05) is 44.9 Å². The molecule has 2 aromatic rings. The summed E-state index contributed by atoms with van der Waals surface area (Å²) in [7, 11) is -0.194. The summed E-state index contributed by atoms with van der Waals surface area (Å²) < 4.78 is 30.3. The number of aryl methyl sites for hydroxylation is 1. The van der Waals surface area contributed by atoms with Gasteiger partial charge in [-0.3, -0.25) is 4.79 Å². The van der Waals surface area contributed by atoms with Gasteiger partial charge in [-0.1, -0.05) is 11.8 Å². The fourth-order valence-electron chi connectivity index (χ4n) is 2.61. The van der Waals surface area contributed by atoms with Gasteiger partial charge in [0.1, 0.15) is 5.84 Å². The fourth-order valence-corrected chi connectivity index (χ4v) is 4.49. The molecule has 1 saturated heterocycles. The van der Waals surface area contributed by atoms with E-state index in [0.717, 1.165) is 13.0 Å². The van der Waals surface area contributed by atoms with Gasteiger partial charge in [0.05, 0.1) is 4.90 Å². The van der Waals surface area contributed by atoms with E-state index in [1.807, 2.05) is 11.9 Å². The third-order valence-corrected chi connectivity index (χ3v) is 6.47. The summed E-state index contributed by atoms with van der Waals surface area (Å²) in [4.78, 5) is 14.0. The van der Waals surface area contributed by atoms with E-state index in [9.17, 15) is 13.2 Å². The largest absolute Gasteiger partial charge is 0.362 e. The number of rotatable bonds is 7. The molecule has 150 valence electrons. The van der Waals surface area contributed by atoms with E-state index in [1.54, 1.807) is 19.2 Å². The summed E-state index contributed by atoms with van der Waals surface area (Å²) in [6.45, 7) is 0.810. The van der Waals surface area contributed by atoms with Crippen LogP contribution in [0.3, 0.4) is 0 Å². The predicted molar refractivity (Wildman–Crippen MR) is 106 cm³/mol. The number of likely N-dealkylation sites (tertiary alicyclic amines) is 1. The van der Waals surface area contributed by atoms with Crippen molar-refractivity contribution >= 4 is 39.2 Å². The first kappa shape index (κ1) is 20.3. The van der Waals surface area contributed by atoms with Crippen molar-refractivity contribution in [3.63, 3.8) is 0 Å². The number of aromatic nitrogens is 4. The van der Waals surface area contributed by atoms with Crippen molar-refractivity contribution in [1.82, 2.24) is 25.1 Å². The molecule has 0 aliphatic carbocycles. The van der Waals surface area contributed by atoms with E-state index < -0.39 is 10.0 Å². The van der Waals surface area contributed by atoms with Crippen LogP contribution in [0.1, 0.15) is 19.3 Å². The van der Waals surface area contributed by atoms with Crippen LogP contribution in [0.25, 0.3) is 0 Å². The van der Waals surface area contributed by atoms with E-state index in [1.165, 1.54) is 28.6 Å². The van der Waals surface area contributed by atoms with Crippen LogP contribution in [0.4, 0.5) is 5.69 Å². The van der Waals surface area contributed by atoms with Crippen LogP contribution < -0.4 is 5.32 Å². The van der Waals surface area contributed by atoms with Gasteiger partial charge in [0.2, 0.25) is 11.1 Å². The van der Waals surface area contributed by atoms with Crippen LogP contribution in [0.15, 0.2) is 38.7 Å². The number of nitrogens with zero attached hydrogens (tertiary/aromatic N) is 6. The average Bonchev–Trinajstić information content (AvgIpc) is 3.24. The van der Waals surface area contributed by atoms with Gasteiger partial charge >= 0.3 is 0 Å². The molecule has 28 heavy (non-hydrogen) atoms. The lowest BCUT2D eigenvalue weighted by Gasteiger charge is -2.11. The molecular formula is C16H21N7O3S2. The molecule has 0 spiro atoms. The first-order valence-corrected chi connectivity index (χ1v) is 11.1. The Kier molecular flexibility index (Phi) is 6.29. The van der Waals surface area contributed by atoms with Crippen molar-refractivity contribution in [2.24, 2.45) is 11.4 Å². The molecule has 1 aliphatic rings. The number of amides is 1. The minimum atomic E-state index is -3.76. The zero-order valence-electron chi connectivity index (χ0n) is 15.6. The minimum absolute atomic E-state index is 0.101. The number of hydrogen-bond acceptors (Lipinski definition) is 7. The van der Waals surface area contributed by atoms with Crippen molar-refractivity contribution < 1.29 is 13.2 Å². The first-order chi connectivity index (χ1) is 13.3. The molecule has 1 aromatic carbocycles. The second-order valence-corrected chi connectivity index (χ2v) is 8.93. The molecule has 2 heterocycles. The topological polar surface area (TPSA) is 122 Å². The van der Waals surface area contributed by atoms with Gasteiger partial charge in [-0.15, -0.1) is 9.50 Å². The lowest BCUT2D eigenvalue weighted by Crippen LogP contribution is -2.20. The summed E-state index contributed by atoms with van der Waals surface area (Å²) >= 11 is 1.38. The highest BCUT2D eigenvalue weighted by Crippen LogP contribution is 2.19. The average molecular weight is 424 g/mol. The highest BCUT2D eigenvalue weighted by Gasteiger charge is 2.20. The second kappa shape index (κ2) is 8.69. The van der Waals surface area contributed by atoms with Gasteiger partial charge in [-0.25, -0.2) is 4.68 Å². The van der Waals surface area contributed by atoms with Gasteiger partial charge in [-0.2, -0.15) is 8.42 Å². The number of tetrazole rings is 1. The Labute approximate surface area is 167 Å². The highest BCUT2D eigenvalue weighted by molar-refractivity contribution is 7.99. The van der Waals surface area contributed by atoms with Gasteiger partial charge < -0.3 is 10.2 Å². The summed E-state index contributed by atoms with van der Waals surface area (Å²) in [6, 6.07) is 6.01. The molecule has 0 atom stereocenters. The molecular weight excluding hydrogens is 402 g/mol. The predicted octanol–water partition coefficient (Wildman–Crippen LogP) is 1.14. The molecule has 1 aliphatic heterocycles. The number of amidine groups is 1. The third-order valence-electron chi connectivity index (χ3n) is 4.14. The molecule has 3 rings (SSSR count). The molecule has 12 heteroatoms. The Hall–Kier alpha value is -2.47. The van der Waals surface area contributed by atoms with Crippen molar-refractivity contribution in [2.45, 2.75) is 29.3 Å². The number of benzene rings is 1. The summed E-state index contributed by atoms with van der Waals surface area (Å²) in [5.74, 6) is 0.927.